The summed E-state index contributed by atoms with van der Waals surface area (Å²) in [5, 5.41) is -7.31. The molecule has 9 rings (SSSR count). The van der Waals surface area contributed by atoms with Crippen LogP contribution in [-0.2, 0) is 0 Å². The smallest absolute Gasteiger partial charge is 0.198 e. The minimum atomic E-state index is -2.58. The third-order valence-corrected chi connectivity index (χ3v) is 9.70. The monoisotopic (exact) mass is 857 g/mol. The predicted molar refractivity (Wildman–Crippen MR) is 179 cm³/mol. The zero-order valence-corrected chi connectivity index (χ0v) is 29.1. The van der Waals surface area contributed by atoms with Crippen molar-refractivity contribution < 1.29 is 65.9 Å². The molecule has 4 aromatic heterocycles. The Kier molecular flexibility index (Phi) is 8.51. The van der Waals surface area contributed by atoms with Gasteiger partial charge in [-0.15, -0.1) is 4.79 Å². The van der Waals surface area contributed by atoms with Gasteiger partial charge in [-0.3, -0.25) is 0 Å². The number of aromatic nitrogens is 4. The van der Waals surface area contributed by atoms with E-state index < -0.39 is 180 Å². The number of hydrogen-bond acceptors (Lipinski definition) is 5. The van der Waals surface area contributed by atoms with Crippen LogP contribution in [0.3, 0.4) is 0 Å². The van der Waals surface area contributed by atoms with Gasteiger partial charge in [-0.1, -0.05) is 17.8 Å². The summed E-state index contributed by atoms with van der Waals surface area (Å²) >= 11 is 0. The highest BCUT2D eigenvalue weighted by Crippen LogP contribution is 2.41. The van der Waals surface area contributed by atoms with Crippen LogP contribution in [0.25, 0.3) is 43.1 Å². The number of aromatic amines is 3. The van der Waals surface area contributed by atoms with Gasteiger partial charge >= 0.3 is 0 Å². The third-order valence-electron chi connectivity index (χ3n) is 9.70. The maximum atomic E-state index is 16.5. The molecule has 9 nitrogen and oxygen atoms in total. The Balaban J connectivity index is 1.60. The van der Waals surface area contributed by atoms with Crippen LogP contribution >= 0.6 is 0 Å². The van der Waals surface area contributed by atoms with E-state index in [-0.39, 0.29) is 19.0 Å². The number of rotatable bonds is 4. The zero-order chi connectivity index (χ0) is 43.0. The quantitative estimate of drug-likeness (QED) is 0.0602. The van der Waals surface area contributed by atoms with Gasteiger partial charge in [0, 0.05) is 11.9 Å². The SMILES string of the molecule is CCCCNc1c(F)c(F)c(F)c2c3[nH]c(c12)=Nc1[nH]c(c2c(F)c(F)c(F)c(F)c12)N=c1c2c(F)c(F)c(F)c(F)c2c(n1F)=Nc1[nH]c(c2cc(F)c(F)c(F)c12)N=3. The van der Waals surface area contributed by atoms with E-state index in [0.29, 0.717) is 6.42 Å². The Morgan fingerprint density at radius 3 is 1.47 bits per heavy atom. The first kappa shape index (κ1) is 38.5. The molecule has 1 aliphatic heterocycles. The standard InChI is InChI=1S/C36H14F15N9/c1-2-3-4-52-28-14-11(19(42)26(49)27(28)50)32-54-29-6-5-7(37)15(38)16(39)8(6)30(53-29)58-35-12-13(21(44)25(48)24(47)20(12)43)36(60(35)51)59-33-10-9(31(55-33)56-34(14)57-32)17(40)22(45)23(46)18(10)41/h5,52H,2-4H2,1H3,(H3,53,54,55,56,57,58,59). The zero-order valence-electron chi connectivity index (χ0n) is 29.1. The van der Waals surface area contributed by atoms with Crippen molar-refractivity contribution in [3.8, 4) is 0 Å². The number of benzene rings is 4. The highest BCUT2D eigenvalue weighted by Gasteiger charge is 2.32. The number of nitrogens with zero attached hydrogens (tertiary/aromatic N) is 5. The fourth-order valence-corrected chi connectivity index (χ4v) is 6.97. The van der Waals surface area contributed by atoms with Crippen molar-refractivity contribution in [1.82, 2.24) is 19.7 Å². The van der Waals surface area contributed by atoms with E-state index in [2.05, 4.69) is 40.2 Å². The molecule has 0 spiro atoms. The van der Waals surface area contributed by atoms with E-state index >= 15 is 39.6 Å². The van der Waals surface area contributed by atoms with Gasteiger partial charge < -0.3 is 20.3 Å². The second kappa shape index (κ2) is 13.3. The molecule has 8 bridgehead atoms. The molecule has 0 saturated heterocycles. The molecule has 0 amide bonds. The van der Waals surface area contributed by atoms with E-state index in [1.54, 1.807) is 6.92 Å². The number of H-pyrrole nitrogens is 3. The lowest BCUT2D eigenvalue weighted by atomic mass is 10.1. The van der Waals surface area contributed by atoms with E-state index in [4.69, 9.17) is 0 Å². The normalized spacial score (nSPS) is 12.7. The molecule has 60 heavy (non-hydrogen) atoms. The van der Waals surface area contributed by atoms with E-state index in [0.717, 1.165) is 0 Å². The van der Waals surface area contributed by atoms with Crippen LogP contribution < -0.4 is 27.3 Å². The largest absolute Gasteiger partial charge is 0.382 e. The first-order chi connectivity index (χ1) is 28.5. The van der Waals surface area contributed by atoms with Crippen molar-refractivity contribution in [1.29, 1.82) is 0 Å². The molecule has 0 aliphatic carbocycles. The highest BCUT2D eigenvalue weighted by atomic mass is 19.2. The van der Waals surface area contributed by atoms with Gasteiger partial charge in [-0.2, -0.15) is 0 Å². The van der Waals surface area contributed by atoms with Gasteiger partial charge in [0.15, 0.2) is 92.4 Å². The number of fused-ring (bicyclic) bond motifs is 20. The Bertz CT molecular complexity index is 3530. The van der Waals surface area contributed by atoms with Gasteiger partial charge in [0.1, 0.15) is 34.2 Å². The van der Waals surface area contributed by atoms with Crippen molar-refractivity contribution in [3.05, 3.63) is 109 Å². The number of hydrogen-bond donors (Lipinski definition) is 4. The summed E-state index contributed by atoms with van der Waals surface area (Å²) in [6, 6.07) is 0.279. The predicted octanol–water partition coefficient (Wildman–Crippen LogP) is 9.10. The van der Waals surface area contributed by atoms with E-state index in [9.17, 15) is 26.3 Å². The van der Waals surface area contributed by atoms with Crippen LogP contribution in [0.15, 0.2) is 26.0 Å². The second-order valence-electron chi connectivity index (χ2n) is 13.1. The highest BCUT2D eigenvalue weighted by molar-refractivity contribution is 6.02. The molecule has 4 aromatic carbocycles. The number of unbranched alkanes of at least 4 members (excludes halogenated alkanes) is 1. The Morgan fingerprint density at radius 1 is 0.467 bits per heavy atom. The summed E-state index contributed by atoms with van der Waals surface area (Å²) in [6.45, 7) is 1.58. The van der Waals surface area contributed by atoms with Crippen molar-refractivity contribution in [2.24, 2.45) is 20.0 Å². The molecule has 0 radical (unpaired) electrons. The van der Waals surface area contributed by atoms with Crippen molar-refractivity contribution >= 4 is 72.0 Å². The van der Waals surface area contributed by atoms with Gasteiger partial charge in [-0.05, 0) is 12.5 Å². The molecule has 8 aromatic rings. The van der Waals surface area contributed by atoms with E-state index in [1.165, 1.54) is 0 Å². The average molecular weight is 858 g/mol. The molecular weight excluding hydrogens is 843 g/mol. The van der Waals surface area contributed by atoms with Crippen molar-refractivity contribution in [2.75, 3.05) is 11.9 Å². The number of halogens is 15. The van der Waals surface area contributed by atoms with Crippen LogP contribution in [0.1, 0.15) is 19.8 Å². The van der Waals surface area contributed by atoms with Gasteiger partial charge in [0.2, 0.25) is 0 Å². The minimum absolute atomic E-state index is 0.125. The molecule has 24 heteroatoms. The van der Waals surface area contributed by atoms with Crippen molar-refractivity contribution in [2.45, 2.75) is 19.8 Å². The Labute approximate surface area is 318 Å². The lowest BCUT2D eigenvalue weighted by Gasteiger charge is -2.10. The van der Waals surface area contributed by atoms with Gasteiger partial charge in [0.05, 0.1) is 43.4 Å². The first-order valence-corrected chi connectivity index (χ1v) is 16.9. The van der Waals surface area contributed by atoms with Crippen molar-refractivity contribution in [3.63, 3.8) is 0 Å². The summed E-state index contributed by atoms with van der Waals surface area (Å²) in [5.41, 5.74) is -6.00. The average Bonchev–Trinajstić information content (AvgIpc) is 3.94. The topological polar surface area (TPSA) is 114 Å². The van der Waals surface area contributed by atoms with Gasteiger partial charge in [-0.25, -0.2) is 81.4 Å². The fraction of sp³-hybridized carbons (Fsp3) is 0.111. The summed E-state index contributed by atoms with van der Waals surface area (Å²) in [7, 11) is 0. The summed E-state index contributed by atoms with van der Waals surface area (Å²) < 4.78 is 230. The fourth-order valence-electron chi connectivity index (χ4n) is 6.97. The molecule has 0 saturated carbocycles. The lowest BCUT2D eigenvalue weighted by molar-refractivity contribution is 0.339. The van der Waals surface area contributed by atoms with Crippen LogP contribution in [-0.4, -0.2) is 26.3 Å². The molecule has 1 aliphatic rings. The Morgan fingerprint density at radius 2 is 0.900 bits per heavy atom. The molecule has 0 unspecified atom stereocenters. The summed E-state index contributed by atoms with van der Waals surface area (Å²) in [4.78, 5) is 20.9. The second-order valence-corrected chi connectivity index (χ2v) is 13.1. The molecule has 0 atom stereocenters. The van der Waals surface area contributed by atoms with E-state index in [1.807, 2.05) is 0 Å². The first-order valence-electron chi connectivity index (χ1n) is 16.9. The molecule has 5 heterocycles. The number of nitrogens with one attached hydrogen (secondary N) is 4. The van der Waals surface area contributed by atoms with Crippen LogP contribution in [0.5, 0.6) is 0 Å². The summed E-state index contributed by atoms with van der Waals surface area (Å²) in [5.74, 6) is -36.2. The lowest BCUT2D eigenvalue weighted by Crippen LogP contribution is -2.21. The molecule has 308 valence electrons. The molecule has 4 N–H and O–H groups in total. The molecular formula is C36H14F15N9. The van der Waals surface area contributed by atoms with Crippen LogP contribution in [0, 0.1) is 81.4 Å². The van der Waals surface area contributed by atoms with Crippen LogP contribution in [0.4, 0.5) is 94.9 Å². The van der Waals surface area contributed by atoms with Gasteiger partial charge in [0.25, 0.3) is 0 Å². The third kappa shape index (κ3) is 5.10. The minimum Gasteiger partial charge on any atom is -0.382 e. The maximum Gasteiger partial charge on any atom is 0.198 e. The number of anilines is 1. The Hall–Kier alpha value is -7.01. The molecule has 0 fully saturated rings. The maximum absolute atomic E-state index is 16.5. The van der Waals surface area contributed by atoms with Crippen LogP contribution in [0.2, 0.25) is 0 Å². The summed E-state index contributed by atoms with van der Waals surface area (Å²) in [6.07, 6.45) is 0.760.